The van der Waals surface area contributed by atoms with E-state index >= 15 is 0 Å². The normalized spacial score (nSPS) is 12.8. The van der Waals surface area contributed by atoms with Crippen LogP contribution in [0.5, 0.6) is 5.75 Å². The molecule has 1 N–H and O–H groups in total. The maximum Gasteiger partial charge on any atom is 0.149 e. The van der Waals surface area contributed by atoms with E-state index in [2.05, 4.69) is 110 Å². The Morgan fingerprint density at radius 1 is 0.589 bits per heavy atom. The van der Waals surface area contributed by atoms with Crippen molar-refractivity contribution in [2.24, 2.45) is 0 Å². The van der Waals surface area contributed by atoms with E-state index in [1.165, 1.54) is 5.56 Å². The van der Waals surface area contributed by atoms with Crippen LogP contribution in [0, 0.1) is 0 Å². The molecule has 56 heavy (non-hydrogen) atoms. The number of rotatable bonds is 8. The monoisotopic (exact) mass is 733 g/mol. The summed E-state index contributed by atoms with van der Waals surface area (Å²) in [6.07, 6.45) is 1.87. The average molecular weight is 734 g/mol. The molecule has 0 bridgehead atoms. The number of aromatic nitrogens is 3. The van der Waals surface area contributed by atoms with Crippen molar-refractivity contribution < 1.29 is 7.85 Å². The Morgan fingerprint density at radius 3 is 2.02 bits per heavy atom. The van der Waals surface area contributed by atoms with Gasteiger partial charge >= 0.3 is 0 Å². The molecular weight excluding hydrogens is 683 g/mol. The van der Waals surface area contributed by atoms with Gasteiger partial charge in [-0.1, -0.05) is 139 Å². The van der Waals surface area contributed by atoms with E-state index in [0.717, 1.165) is 72.5 Å². The number of imidazole rings is 1. The van der Waals surface area contributed by atoms with Crippen molar-refractivity contribution in [2.75, 3.05) is 0 Å². The molecule has 0 atom stereocenters. The number of aromatic hydroxyl groups is 1. The number of nitrogens with zero attached hydrogens (tertiary/aromatic N) is 3. The molecule has 2 aromatic heterocycles. The van der Waals surface area contributed by atoms with Crippen LogP contribution < -0.4 is 0 Å². The quantitative estimate of drug-likeness (QED) is 0.169. The smallest absolute Gasteiger partial charge is 0.149 e. The maximum atomic E-state index is 11.3. The van der Waals surface area contributed by atoms with E-state index in [0.29, 0.717) is 11.4 Å². The van der Waals surface area contributed by atoms with Crippen molar-refractivity contribution >= 4 is 11.0 Å². The van der Waals surface area contributed by atoms with Crippen LogP contribution in [-0.4, -0.2) is 19.6 Å². The van der Waals surface area contributed by atoms with Crippen LogP contribution in [0.3, 0.4) is 0 Å². The lowest BCUT2D eigenvalue weighted by atomic mass is 9.83. The fourth-order valence-electron chi connectivity index (χ4n) is 7.52. The van der Waals surface area contributed by atoms with Crippen LogP contribution in [0.4, 0.5) is 0 Å². The van der Waals surface area contributed by atoms with Crippen LogP contribution in [0.2, 0.25) is 0 Å². The van der Waals surface area contributed by atoms with Gasteiger partial charge in [-0.15, -0.1) is 0 Å². The molecule has 0 fully saturated rings. The Morgan fingerprint density at radius 2 is 1.30 bits per heavy atom. The van der Waals surface area contributed by atoms with Gasteiger partial charge in [-0.3, -0.25) is 9.55 Å². The van der Waals surface area contributed by atoms with Crippen molar-refractivity contribution in [3.63, 3.8) is 0 Å². The summed E-state index contributed by atoms with van der Waals surface area (Å²) >= 11 is 0. The molecule has 2 heterocycles. The Kier molecular flexibility index (Phi) is 9.03. The molecule has 0 unspecified atom stereocenters. The van der Waals surface area contributed by atoms with Gasteiger partial charge in [-0.25, -0.2) is 4.98 Å². The van der Waals surface area contributed by atoms with Crippen molar-refractivity contribution in [3.8, 4) is 67.5 Å². The van der Waals surface area contributed by atoms with Crippen molar-refractivity contribution in [2.45, 2.75) is 65.7 Å². The number of phenols is 1. The summed E-state index contributed by atoms with van der Waals surface area (Å²) in [5.41, 5.74) is 14.1. The van der Waals surface area contributed by atoms with Crippen molar-refractivity contribution in [1.29, 1.82) is 0 Å². The summed E-state index contributed by atoms with van der Waals surface area (Å²) in [6.45, 7) is 14.3. The lowest BCUT2D eigenvalue weighted by molar-refractivity contribution is 0.477. The van der Waals surface area contributed by atoms with Crippen LogP contribution in [0.1, 0.15) is 79.7 Å². The summed E-state index contributed by atoms with van der Waals surface area (Å²) in [5, 5.41) is 11.3. The highest BCUT2D eigenvalue weighted by molar-refractivity contribution is 5.97. The largest absolute Gasteiger partial charge is 0.507 e. The Bertz CT molecular complexity index is 2780. The molecule has 0 aliphatic carbocycles. The first-order chi connectivity index (χ1) is 27.6. The minimum Gasteiger partial charge on any atom is -0.507 e. The molecule has 0 amide bonds. The first kappa shape index (κ1) is 34.2. The number of hydrogen-bond acceptors (Lipinski definition) is 3. The third kappa shape index (κ3) is 7.04. The molecule has 8 aromatic rings. The van der Waals surface area contributed by atoms with Gasteiger partial charge in [0.25, 0.3) is 0 Å². The van der Waals surface area contributed by atoms with Crippen molar-refractivity contribution in [3.05, 3.63) is 168 Å². The van der Waals surface area contributed by atoms with E-state index in [-0.39, 0.29) is 11.2 Å². The van der Waals surface area contributed by atoms with Crippen LogP contribution in [0.15, 0.2) is 152 Å². The van der Waals surface area contributed by atoms with Crippen LogP contribution in [0.25, 0.3) is 72.7 Å². The molecule has 0 aliphatic rings. The molecule has 4 nitrogen and oxygen atoms in total. The third-order valence-corrected chi connectivity index (χ3v) is 10.7. The van der Waals surface area contributed by atoms with E-state index in [4.69, 9.17) is 11.3 Å². The number of pyridine rings is 1. The minimum absolute atomic E-state index is 0.142. The zero-order valence-electron chi connectivity index (χ0n) is 35.2. The first-order valence-corrected chi connectivity index (χ1v) is 19.3. The van der Waals surface area contributed by atoms with Gasteiger partial charge in [-0.05, 0) is 116 Å². The average Bonchev–Trinajstić information content (AvgIpc) is 3.60. The molecular formula is C52H49N3O. The Labute approximate surface area is 334 Å². The highest BCUT2D eigenvalue weighted by Crippen LogP contribution is 2.41. The fraction of sp³-hybridized carbons (Fsp3) is 0.192. The van der Waals surface area contributed by atoms with Gasteiger partial charge in [0.05, 0.1) is 22.3 Å². The van der Waals surface area contributed by atoms with Crippen LogP contribution >= 0.6 is 0 Å². The topological polar surface area (TPSA) is 50.9 Å². The van der Waals surface area contributed by atoms with Crippen molar-refractivity contribution in [1.82, 2.24) is 14.5 Å². The molecule has 278 valence electrons. The predicted molar refractivity (Wildman–Crippen MR) is 235 cm³/mol. The van der Waals surface area contributed by atoms with E-state index in [1.807, 2.05) is 88.5 Å². The number of para-hydroxylation sites is 2. The fourth-order valence-corrected chi connectivity index (χ4v) is 7.52. The van der Waals surface area contributed by atoms with Gasteiger partial charge in [-0.2, -0.15) is 0 Å². The molecule has 0 saturated heterocycles. The number of phenolic OH excluding ortho intramolecular Hbond substituents is 1. The zero-order valence-corrected chi connectivity index (χ0v) is 33.2. The highest BCUT2D eigenvalue weighted by atomic mass is 16.3. The molecule has 0 radical (unpaired) electrons. The lowest BCUT2D eigenvalue weighted by Crippen LogP contribution is -2.11. The molecule has 0 aliphatic heterocycles. The summed E-state index contributed by atoms with van der Waals surface area (Å²) < 4.78 is 19.8. The molecule has 0 saturated carbocycles. The van der Waals surface area contributed by atoms with E-state index in [1.54, 1.807) is 6.07 Å². The zero-order chi connectivity index (χ0) is 41.0. The predicted octanol–water partition coefficient (Wildman–Crippen LogP) is 14.0. The number of fused-ring (bicyclic) bond motifs is 1. The van der Waals surface area contributed by atoms with Gasteiger partial charge in [0.2, 0.25) is 0 Å². The maximum absolute atomic E-state index is 11.3. The first-order valence-electron chi connectivity index (χ1n) is 20.3. The molecule has 4 heteroatoms. The minimum atomic E-state index is -0.894. The Hall–Kier alpha value is -6.26. The second-order valence-corrected chi connectivity index (χ2v) is 16.1. The summed E-state index contributed by atoms with van der Waals surface area (Å²) in [4.78, 5) is 10.3. The molecule has 0 spiro atoms. The third-order valence-electron chi connectivity index (χ3n) is 10.7. The second kappa shape index (κ2) is 14.8. The molecule has 6 aromatic carbocycles. The van der Waals surface area contributed by atoms with Crippen LogP contribution in [-0.2, 0) is 5.41 Å². The summed E-state index contributed by atoms with van der Waals surface area (Å²) in [6, 6.07) is 49.3. The second-order valence-electron chi connectivity index (χ2n) is 16.1. The number of hydrogen-bond donors (Lipinski definition) is 1. The SMILES string of the molecule is [2H]C(C)(C)c1ccc(-c2ccnc(-c3cc(-c4cccc5c4nc(-c4ccccc4O)n5-c4ccc(-c5ccccc5)c(C([2H])(C)C)c4)cc(C(C)(C)C)c3)c2)cc1. The standard InChI is InChI=1S/C52H49N3O/c1-33(2)35-20-22-36(23-21-35)38-26-27-53-47(31-38)40-28-39(29-41(30-40)52(5,6)7)44-17-13-18-48-50(44)54-51(45-16-11-12-19-49(45)56)55(48)42-24-25-43(46(32-42)34(3)4)37-14-9-8-10-15-37/h8-34,56H,1-7H3/i33D,34D. The van der Waals surface area contributed by atoms with E-state index in [9.17, 15) is 6.48 Å². The lowest BCUT2D eigenvalue weighted by Gasteiger charge is -2.22. The number of benzene rings is 6. The highest BCUT2D eigenvalue weighted by Gasteiger charge is 2.23. The Balaban J connectivity index is 1.33. The van der Waals surface area contributed by atoms with E-state index < -0.39 is 11.8 Å². The molecule has 8 rings (SSSR count). The van der Waals surface area contributed by atoms with Gasteiger partial charge in [0.15, 0.2) is 0 Å². The summed E-state index contributed by atoms with van der Waals surface area (Å²) in [5.74, 6) is -0.803. The summed E-state index contributed by atoms with van der Waals surface area (Å²) in [7, 11) is 0. The van der Waals surface area contributed by atoms with Gasteiger partial charge < -0.3 is 5.11 Å². The van der Waals surface area contributed by atoms with Gasteiger partial charge in [0, 0.05) is 25.8 Å². The van der Waals surface area contributed by atoms with Gasteiger partial charge in [0.1, 0.15) is 11.6 Å².